The molecule has 220 valence electrons. The predicted molar refractivity (Wildman–Crippen MR) is 185 cm³/mol. The number of halogens is 2. The molecule has 1 aliphatic heterocycles. The van der Waals surface area contributed by atoms with Crippen molar-refractivity contribution < 1.29 is 4.79 Å². The van der Waals surface area contributed by atoms with Gasteiger partial charge in [0.1, 0.15) is 0 Å². The second-order valence-electron chi connectivity index (χ2n) is 9.64. The van der Waals surface area contributed by atoms with Crippen molar-refractivity contribution in [3.8, 4) is 11.3 Å². The summed E-state index contributed by atoms with van der Waals surface area (Å²) in [5, 5.41) is 6.61. The summed E-state index contributed by atoms with van der Waals surface area (Å²) in [6.07, 6.45) is 8.63. The minimum atomic E-state index is -0.133. The topological polar surface area (TPSA) is 71.2 Å². The quantitative estimate of drug-likeness (QED) is 0.222. The average Bonchev–Trinajstić information content (AvgIpc) is 3.28. The Balaban J connectivity index is 0.000000540. The van der Waals surface area contributed by atoms with Gasteiger partial charge in [-0.05, 0) is 105 Å². The molecule has 42 heavy (non-hydrogen) atoms. The van der Waals surface area contributed by atoms with E-state index in [2.05, 4.69) is 39.1 Å². The van der Waals surface area contributed by atoms with Crippen LogP contribution in [-0.4, -0.2) is 23.2 Å². The van der Waals surface area contributed by atoms with Gasteiger partial charge in [0.15, 0.2) is 0 Å². The molecule has 1 aliphatic rings. The smallest absolute Gasteiger partial charge is 0.255 e. The fourth-order valence-electron chi connectivity index (χ4n) is 4.35. The zero-order valence-electron chi connectivity index (χ0n) is 24.4. The van der Waals surface area contributed by atoms with Gasteiger partial charge >= 0.3 is 0 Å². The fraction of sp³-hybridized carbons (Fsp3) is 0.235. The Kier molecular flexibility index (Phi) is 13.3. The number of nitrogens with one attached hydrogen (secondary N) is 1. The number of benzene rings is 3. The average molecular weight is 622 g/mol. The van der Waals surface area contributed by atoms with E-state index in [1.807, 2.05) is 93.4 Å². The third kappa shape index (κ3) is 9.28. The van der Waals surface area contributed by atoms with Crippen molar-refractivity contribution in [3.05, 3.63) is 113 Å². The normalized spacial score (nSPS) is 13.2. The van der Waals surface area contributed by atoms with E-state index in [9.17, 15) is 4.79 Å². The molecule has 1 amide bonds. The summed E-state index contributed by atoms with van der Waals surface area (Å²) in [5.41, 5.74) is 9.69. The summed E-state index contributed by atoms with van der Waals surface area (Å²) in [5.74, 6) is 1.01. The lowest BCUT2D eigenvalue weighted by Crippen LogP contribution is -2.17. The Morgan fingerprint density at radius 3 is 2.55 bits per heavy atom. The number of nitrogens with two attached hydrogens (primary N) is 1. The zero-order chi connectivity index (χ0) is 30.5. The lowest BCUT2D eigenvalue weighted by Gasteiger charge is -2.22. The van der Waals surface area contributed by atoms with Gasteiger partial charge in [-0.1, -0.05) is 66.5 Å². The first-order valence-corrected chi connectivity index (χ1v) is 15.6. The molecule has 1 fully saturated rings. The summed E-state index contributed by atoms with van der Waals surface area (Å²) in [7, 11) is 0. The monoisotopic (exact) mass is 620 g/mol. The summed E-state index contributed by atoms with van der Waals surface area (Å²) < 4.78 is 2.35. The molecule has 0 bridgehead atoms. The number of pyridine rings is 1. The highest BCUT2D eigenvalue weighted by Gasteiger charge is 2.16. The van der Waals surface area contributed by atoms with Crippen LogP contribution in [-0.2, 0) is 0 Å². The second-order valence-corrected chi connectivity index (χ2v) is 11.7. The van der Waals surface area contributed by atoms with Gasteiger partial charge in [-0.3, -0.25) is 9.78 Å². The van der Waals surface area contributed by atoms with E-state index in [0.717, 1.165) is 50.6 Å². The molecule has 0 radical (unpaired) electrons. The van der Waals surface area contributed by atoms with Gasteiger partial charge < -0.3 is 15.4 Å². The van der Waals surface area contributed by atoms with Crippen LogP contribution >= 0.6 is 35.1 Å². The minimum absolute atomic E-state index is 0.133. The molecule has 8 heteroatoms. The number of rotatable bonds is 4. The van der Waals surface area contributed by atoms with Crippen LogP contribution in [0.3, 0.4) is 0 Å². The maximum absolute atomic E-state index is 13.1. The highest BCUT2D eigenvalue weighted by Crippen LogP contribution is 2.34. The van der Waals surface area contributed by atoms with Crippen molar-refractivity contribution in [1.82, 2.24) is 4.98 Å². The number of aryl methyl sites for hydroxylation is 1. The van der Waals surface area contributed by atoms with E-state index < -0.39 is 0 Å². The van der Waals surface area contributed by atoms with E-state index >= 15 is 0 Å². The van der Waals surface area contributed by atoms with E-state index in [0.29, 0.717) is 16.3 Å². The van der Waals surface area contributed by atoms with Crippen molar-refractivity contribution in [3.63, 3.8) is 0 Å². The van der Waals surface area contributed by atoms with Crippen molar-refractivity contribution in [2.45, 2.75) is 40.0 Å². The number of fused-ring (bicyclic) bond motifs is 1. The highest BCUT2D eigenvalue weighted by molar-refractivity contribution is 8.00. The first-order chi connectivity index (χ1) is 20.3. The number of hydrogen-bond donors (Lipinski definition) is 2. The Bertz CT molecular complexity index is 1520. The van der Waals surface area contributed by atoms with Crippen LogP contribution in [0.5, 0.6) is 0 Å². The summed E-state index contributed by atoms with van der Waals surface area (Å²) in [4.78, 5) is 17.7. The molecule has 0 spiro atoms. The largest absolute Gasteiger partial charge is 0.405 e. The number of carbonyl (C=O) groups is 1. The van der Waals surface area contributed by atoms with Gasteiger partial charge in [0.2, 0.25) is 0 Å². The second kappa shape index (κ2) is 16.9. The molecule has 3 aromatic carbocycles. The Morgan fingerprint density at radius 1 is 1.10 bits per heavy atom. The molecule has 0 unspecified atom stereocenters. The van der Waals surface area contributed by atoms with Crippen LogP contribution in [0, 0.1) is 6.92 Å². The fourth-order valence-corrected chi connectivity index (χ4v) is 5.63. The van der Waals surface area contributed by atoms with Gasteiger partial charge in [0.25, 0.3) is 5.91 Å². The van der Waals surface area contributed by atoms with Crippen molar-refractivity contribution in [1.29, 1.82) is 0 Å². The highest BCUT2D eigenvalue weighted by atomic mass is 35.5. The molecule has 0 aliphatic carbocycles. The molecule has 3 N–H and O–H groups in total. The molecule has 5 rings (SSSR count). The van der Waals surface area contributed by atoms with E-state index in [4.69, 9.17) is 23.2 Å². The van der Waals surface area contributed by atoms with Crippen LogP contribution in [0.4, 0.5) is 11.4 Å². The number of nitrogens with zero attached hydrogens (tertiary/aromatic N) is 2. The van der Waals surface area contributed by atoms with Gasteiger partial charge in [0, 0.05) is 51.4 Å². The standard InChI is InChI=1S/C28H26ClN3OS.C4H7Cl.C2H5N/c1-19-17-22(32-15-5-2-6-16-34-32)10-11-23(19)28(33)31-21-9-12-26(29)25(18-21)27-24-8-4-3-7-20(24)13-14-30-27;1-3-4(2)5;1-2-3/h3-4,7-14,17-18H,2,5-6,15-16H2,1H3,(H,31,33);3H,1-2H3;2H,1,3H2/b;4-3+;. The Hall–Kier alpha value is -3.45. The van der Waals surface area contributed by atoms with Crippen LogP contribution in [0.2, 0.25) is 5.02 Å². The first-order valence-electron chi connectivity index (χ1n) is 13.9. The van der Waals surface area contributed by atoms with Crippen LogP contribution in [0.25, 0.3) is 22.0 Å². The molecule has 5 nitrogen and oxygen atoms in total. The summed E-state index contributed by atoms with van der Waals surface area (Å²) in [6, 6.07) is 21.7. The maximum atomic E-state index is 13.1. The Morgan fingerprint density at radius 2 is 1.83 bits per heavy atom. The van der Waals surface area contributed by atoms with Crippen molar-refractivity contribution in [2.24, 2.45) is 5.73 Å². The molecule has 1 aromatic heterocycles. The zero-order valence-corrected chi connectivity index (χ0v) is 26.7. The third-order valence-electron chi connectivity index (χ3n) is 6.55. The maximum Gasteiger partial charge on any atom is 0.255 e. The summed E-state index contributed by atoms with van der Waals surface area (Å²) in [6.45, 7) is 9.93. The third-order valence-corrected chi connectivity index (χ3v) is 8.27. The lowest BCUT2D eigenvalue weighted by atomic mass is 10.0. The van der Waals surface area contributed by atoms with Crippen LogP contribution in [0.15, 0.2) is 96.8 Å². The van der Waals surface area contributed by atoms with Crippen molar-refractivity contribution >= 4 is 63.2 Å². The predicted octanol–water partition coefficient (Wildman–Crippen LogP) is 9.99. The number of carbonyl (C=O) groups excluding carboxylic acids is 1. The molecule has 4 aromatic rings. The number of allylic oxidation sites excluding steroid dienone is 2. The SMILES string of the molecule is C/C=C(\C)Cl.C=CN.Cc1cc(N2CCCCCS2)ccc1C(=O)Nc1ccc(Cl)c(-c2nccc3ccccc23)c1. The number of anilines is 2. The molecular formula is C34H38Cl2N4OS. The Labute approximate surface area is 263 Å². The van der Waals surface area contributed by atoms with Crippen LogP contribution < -0.4 is 15.4 Å². The molecule has 0 atom stereocenters. The number of aromatic nitrogens is 1. The van der Waals surface area contributed by atoms with Crippen molar-refractivity contribution in [2.75, 3.05) is 21.9 Å². The van der Waals surface area contributed by atoms with Crippen LogP contribution in [0.1, 0.15) is 49.0 Å². The van der Waals surface area contributed by atoms with E-state index in [1.54, 1.807) is 6.20 Å². The number of amides is 1. The van der Waals surface area contributed by atoms with E-state index in [1.165, 1.54) is 25.5 Å². The van der Waals surface area contributed by atoms with E-state index in [-0.39, 0.29) is 5.91 Å². The molecule has 2 heterocycles. The first kappa shape index (κ1) is 33.1. The van der Waals surface area contributed by atoms with Gasteiger partial charge in [0.05, 0.1) is 10.7 Å². The van der Waals surface area contributed by atoms with Gasteiger partial charge in [-0.25, -0.2) is 0 Å². The van der Waals surface area contributed by atoms with Gasteiger partial charge in [-0.2, -0.15) is 0 Å². The molecular weight excluding hydrogens is 583 g/mol. The lowest BCUT2D eigenvalue weighted by molar-refractivity contribution is 0.102. The molecule has 1 saturated heterocycles. The van der Waals surface area contributed by atoms with Gasteiger partial charge in [-0.15, -0.1) is 0 Å². The molecule has 0 saturated carbocycles. The summed E-state index contributed by atoms with van der Waals surface area (Å²) >= 11 is 13.8. The minimum Gasteiger partial charge on any atom is -0.405 e. The number of hydrogen-bond acceptors (Lipinski definition) is 5.